The minimum atomic E-state index is -0.0380. The van der Waals surface area contributed by atoms with Crippen molar-refractivity contribution in [3.05, 3.63) is 0 Å². The van der Waals surface area contributed by atoms with E-state index < -0.39 is 0 Å². The van der Waals surface area contributed by atoms with Crippen molar-refractivity contribution >= 4 is 5.97 Å². The van der Waals surface area contributed by atoms with Gasteiger partial charge >= 0.3 is 5.97 Å². The van der Waals surface area contributed by atoms with Gasteiger partial charge in [0.1, 0.15) is 6.73 Å². The zero-order valence-electron chi connectivity index (χ0n) is 16.1. The van der Waals surface area contributed by atoms with Crippen molar-refractivity contribution in [3.63, 3.8) is 0 Å². The van der Waals surface area contributed by atoms with E-state index in [2.05, 4.69) is 25.7 Å². The molecule has 23 heavy (non-hydrogen) atoms. The van der Waals surface area contributed by atoms with E-state index in [1.54, 1.807) is 0 Å². The van der Waals surface area contributed by atoms with E-state index in [0.29, 0.717) is 13.2 Å². The maximum Gasteiger partial charge on any atom is 0.307 e. The van der Waals surface area contributed by atoms with Crippen LogP contribution in [-0.4, -0.2) is 30.7 Å². The van der Waals surface area contributed by atoms with Gasteiger partial charge in [0.05, 0.1) is 0 Å². The molecule has 0 fully saturated rings. The van der Waals surface area contributed by atoms with Gasteiger partial charge in [-0.25, -0.2) is 0 Å². The molecule has 0 unspecified atom stereocenters. The zero-order chi connectivity index (χ0) is 17.2. The minimum Gasteiger partial charge on any atom is -0.449 e. The second-order valence-electron chi connectivity index (χ2n) is 6.59. The number of ether oxygens (including phenoxy) is 1. The summed E-state index contributed by atoms with van der Waals surface area (Å²) in [5, 5.41) is 0. The average Bonchev–Trinajstić information content (AvgIpc) is 2.56. The highest BCUT2D eigenvalue weighted by Gasteiger charge is 2.05. The van der Waals surface area contributed by atoms with Crippen molar-refractivity contribution in [2.24, 2.45) is 0 Å². The van der Waals surface area contributed by atoms with Crippen LogP contribution in [-0.2, 0) is 9.53 Å². The van der Waals surface area contributed by atoms with E-state index in [0.717, 1.165) is 25.9 Å². The zero-order valence-corrected chi connectivity index (χ0v) is 16.1. The van der Waals surface area contributed by atoms with Gasteiger partial charge in [0.25, 0.3) is 0 Å². The molecule has 0 aromatic heterocycles. The summed E-state index contributed by atoms with van der Waals surface area (Å²) in [5.41, 5.74) is 0. The summed E-state index contributed by atoms with van der Waals surface area (Å²) in [5.74, 6) is -0.0380. The summed E-state index contributed by atoms with van der Waals surface area (Å²) in [6.45, 7) is 8.75. The Morgan fingerprint density at radius 2 is 1.13 bits per heavy atom. The molecule has 0 aromatic rings. The van der Waals surface area contributed by atoms with Gasteiger partial charge in [0.2, 0.25) is 0 Å². The fourth-order valence-corrected chi connectivity index (χ4v) is 2.75. The Bertz CT molecular complexity index is 252. The molecule has 0 rings (SSSR count). The molecular formula is C20H41NO2. The van der Waals surface area contributed by atoms with Crippen LogP contribution < -0.4 is 0 Å². The van der Waals surface area contributed by atoms with Gasteiger partial charge in [-0.15, -0.1) is 0 Å². The number of carbonyl (C=O) groups is 1. The second-order valence-corrected chi connectivity index (χ2v) is 6.59. The standard InChI is InChI=1S/C20H41NO2/c1-4-7-8-9-10-11-12-13-14-15-16-17-18-20(22)23-19-21(5-2)6-3/h4-19H2,1-3H3. The van der Waals surface area contributed by atoms with Crippen LogP contribution in [0.4, 0.5) is 0 Å². The average molecular weight is 328 g/mol. The Kier molecular flexibility index (Phi) is 17.3. The van der Waals surface area contributed by atoms with Gasteiger partial charge < -0.3 is 4.74 Å². The Balaban J connectivity index is 3.22. The lowest BCUT2D eigenvalue weighted by Crippen LogP contribution is -2.27. The molecule has 138 valence electrons. The van der Waals surface area contributed by atoms with Crippen LogP contribution in [0.3, 0.4) is 0 Å². The first kappa shape index (κ1) is 22.4. The molecule has 0 bridgehead atoms. The number of esters is 1. The summed E-state index contributed by atoms with van der Waals surface area (Å²) in [6.07, 6.45) is 16.5. The number of rotatable bonds is 17. The number of nitrogens with zero attached hydrogens (tertiary/aromatic N) is 1. The van der Waals surface area contributed by atoms with E-state index in [-0.39, 0.29) is 5.97 Å². The maximum absolute atomic E-state index is 11.6. The number of hydrogen-bond acceptors (Lipinski definition) is 3. The van der Waals surface area contributed by atoms with Gasteiger partial charge in [-0.1, -0.05) is 91.4 Å². The predicted octanol–water partition coefficient (Wildman–Crippen LogP) is 5.92. The monoisotopic (exact) mass is 327 g/mol. The molecule has 0 saturated carbocycles. The van der Waals surface area contributed by atoms with Crippen LogP contribution in [0.15, 0.2) is 0 Å². The van der Waals surface area contributed by atoms with Gasteiger partial charge in [0, 0.05) is 6.42 Å². The molecule has 3 nitrogen and oxygen atoms in total. The van der Waals surface area contributed by atoms with Gasteiger partial charge in [-0.05, 0) is 19.5 Å². The molecule has 3 heteroatoms. The maximum atomic E-state index is 11.6. The number of unbranched alkanes of at least 4 members (excludes halogenated alkanes) is 11. The van der Waals surface area contributed by atoms with Crippen LogP contribution in [0, 0.1) is 0 Å². The van der Waals surface area contributed by atoms with Crippen molar-refractivity contribution in [1.29, 1.82) is 0 Å². The third-order valence-electron chi connectivity index (χ3n) is 4.54. The van der Waals surface area contributed by atoms with Crippen molar-refractivity contribution in [2.45, 2.75) is 104 Å². The molecule has 0 spiro atoms. The molecule has 0 aliphatic rings. The van der Waals surface area contributed by atoms with E-state index in [1.165, 1.54) is 64.2 Å². The molecule has 0 amide bonds. The predicted molar refractivity (Wildman–Crippen MR) is 99.6 cm³/mol. The van der Waals surface area contributed by atoms with Gasteiger partial charge in [-0.3, -0.25) is 9.69 Å². The Hall–Kier alpha value is -0.570. The lowest BCUT2D eigenvalue weighted by molar-refractivity contribution is -0.148. The largest absolute Gasteiger partial charge is 0.449 e. The van der Waals surface area contributed by atoms with Crippen LogP contribution in [0.1, 0.15) is 104 Å². The van der Waals surface area contributed by atoms with Crippen molar-refractivity contribution in [2.75, 3.05) is 19.8 Å². The SMILES string of the molecule is CCCCCCCCCCCCCCC(=O)OCN(CC)CC. The first-order valence-corrected chi connectivity index (χ1v) is 10.1. The smallest absolute Gasteiger partial charge is 0.307 e. The Morgan fingerprint density at radius 3 is 1.57 bits per heavy atom. The molecule has 0 atom stereocenters. The molecule has 0 N–H and O–H groups in total. The van der Waals surface area contributed by atoms with Crippen LogP contribution in [0.25, 0.3) is 0 Å². The summed E-state index contributed by atoms with van der Waals surface area (Å²) in [4.78, 5) is 13.7. The topological polar surface area (TPSA) is 29.5 Å². The van der Waals surface area contributed by atoms with E-state index in [4.69, 9.17) is 4.74 Å². The summed E-state index contributed by atoms with van der Waals surface area (Å²) >= 11 is 0. The normalized spacial score (nSPS) is 11.1. The lowest BCUT2D eigenvalue weighted by Gasteiger charge is -2.17. The molecule has 0 saturated heterocycles. The molecule has 0 radical (unpaired) electrons. The molecule has 0 aromatic carbocycles. The van der Waals surface area contributed by atoms with Crippen molar-refractivity contribution in [1.82, 2.24) is 4.90 Å². The molecule has 0 aliphatic heterocycles. The minimum absolute atomic E-state index is 0.0380. The van der Waals surface area contributed by atoms with E-state index >= 15 is 0 Å². The van der Waals surface area contributed by atoms with Crippen LogP contribution >= 0.6 is 0 Å². The summed E-state index contributed by atoms with van der Waals surface area (Å²) < 4.78 is 5.27. The van der Waals surface area contributed by atoms with Crippen molar-refractivity contribution in [3.8, 4) is 0 Å². The molecule has 0 aliphatic carbocycles. The summed E-state index contributed by atoms with van der Waals surface area (Å²) in [7, 11) is 0. The first-order chi connectivity index (χ1) is 11.2. The Morgan fingerprint density at radius 1 is 0.696 bits per heavy atom. The highest BCUT2D eigenvalue weighted by molar-refractivity contribution is 5.69. The third kappa shape index (κ3) is 16.1. The number of carbonyl (C=O) groups excluding carboxylic acids is 1. The molecule has 0 heterocycles. The third-order valence-corrected chi connectivity index (χ3v) is 4.54. The quantitative estimate of drug-likeness (QED) is 0.189. The highest BCUT2D eigenvalue weighted by Crippen LogP contribution is 2.12. The van der Waals surface area contributed by atoms with Crippen LogP contribution in [0.2, 0.25) is 0 Å². The Labute approximate surface area is 145 Å². The fraction of sp³-hybridized carbons (Fsp3) is 0.950. The summed E-state index contributed by atoms with van der Waals surface area (Å²) in [6, 6.07) is 0. The van der Waals surface area contributed by atoms with Gasteiger partial charge in [-0.2, -0.15) is 0 Å². The second kappa shape index (κ2) is 17.8. The van der Waals surface area contributed by atoms with E-state index in [9.17, 15) is 4.79 Å². The lowest BCUT2D eigenvalue weighted by atomic mass is 10.0. The van der Waals surface area contributed by atoms with Gasteiger partial charge in [0.15, 0.2) is 0 Å². The van der Waals surface area contributed by atoms with E-state index in [1.807, 2.05) is 0 Å². The van der Waals surface area contributed by atoms with Crippen molar-refractivity contribution < 1.29 is 9.53 Å². The molecular weight excluding hydrogens is 286 g/mol. The fourth-order valence-electron chi connectivity index (χ4n) is 2.75. The first-order valence-electron chi connectivity index (χ1n) is 10.1. The highest BCUT2D eigenvalue weighted by atomic mass is 16.5. The van der Waals surface area contributed by atoms with Crippen LogP contribution in [0.5, 0.6) is 0 Å². The number of hydrogen-bond donors (Lipinski definition) is 0.